The van der Waals surface area contributed by atoms with Crippen LogP contribution in [0.2, 0.25) is 0 Å². The maximum atomic E-state index is 4.24. The Kier molecular flexibility index (Phi) is 5.91. The van der Waals surface area contributed by atoms with E-state index in [0.717, 1.165) is 12.3 Å². The van der Waals surface area contributed by atoms with Gasteiger partial charge in [-0.05, 0) is 18.2 Å². The summed E-state index contributed by atoms with van der Waals surface area (Å²) in [5.74, 6) is 1.11. The van der Waals surface area contributed by atoms with Crippen molar-refractivity contribution in [2.45, 2.75) is 38.5 Å². The van der Waals surface area contributed by atoms with Crippen molar-refractivity contribution in [2.75, 3.05) is 12.3 Å². The predicted molar refractivity (Wildman–Crippen MR) is 71.8 cm³/mol. The van der Waals surface area contributed by atoms with Crippen molar-refractivity contribution >= 4 is 11.8 Å². The SMILES string of the molecule is CCCNC(CSC(C)C)c1cnn(C)c1. The first-order valence-corrected chi connectivity index (χ1v) is 7.02. The lowest BCUT2D eigenvalue weighted by molar-refractivity contribution is 0.576. The molecule has 1 heterocycles. The van der Waals surface area contributed by atoms with Gasteiger partial charge in [-0.15, -0.1) is 0 Å². The second kappa shape index (κ2) is 6.97. The molecule has 0 aliphatic rings. The Hall–Kier alpha value is -0.480. The van der Waals surface area contributed by atoms with E-state index in [1.165, 1.54) is 12.0 Å². The Morgan fingerprint density at radius 3 is 2.75 bits per heavy atom. The van der Waals surface area contributed by atoms with Crippen LogP contribution in [-0.4, -0.2) is 27.3 Å². The van der Waals surface area contributed by atoms with Gasteiger partial charge in [0.2, 0.25) is 0 Å². The van der Waals surface area contributed by atoms with Crippen molar-refractivity contribution in [1.29, 1.82) is 0 Å². The van der Waals surface area contributed by atoms with Crippen molar-refractivity contribution in [3.63, 3.8) is 0 Å². The van der Waals surface area contributed by atoms with Crippen molar-refractivity contribution in [1.82, 2.24) is 15.1 Å². The molecular formula is C12H23N3S. The van der Waals surface area contributed by atoms with Crippen LogP contribution in [0.3, 0.4) is 0 Å². The van der Waals surface area contributed by atoms with Gasteiger partial charge >= 0.3 is 0 Å². The Balaban J connectivity index is 2.55. The average molecular weight is 241 g/mol. The second-order valence-corrected chi connectivity index (χ2v) is 5.95. The fourth-order valence-corrected chi connectivity index (χ4v) is 2.39. The van der Waals surface area contributed by atoms with Crippen LogP contribution < -0.4 is 5.32 Å². The van der Waals surface area contributed by atoms with Gasteiger partial charge in [-0.25, -0.2) is 0 Å². The standard InChI is InChI=1S/C12H23N3S/c1-5-6-13-12(9-16-10(2)3)11-7-14-15(4)8-11/h7-8,10,12-13H,5-6,9H2,1-4H3. The van der Waals surface area contributed by atoms with Gasteiger partial charge in [0, 0.05) is 30.6 Å². The summed E-state index contributed by atoms with van der Waals surface area (Å²) in [6, 6.07) is 0.432. The van der Waals surface area contributed by atoms with E-state index in [2.05, 4.69) is 37.4 Å². The van der Waals surface area contributed by atoms with Crippen LogP contribution in [-0.2, 0) is 7.05 Å². The zero-order valence-electron chi connectivity index (χ0n) is 10.7. The number of nitrogens with one attached hydrogen (secondary N) is 1. The molecule has 1 rings (SSSR count). The number of aryl methyl sites for hydroxylation is 1. The predicted octanol–water partition coefficient (Wildman–Crippen LogP) is 2.60. The molecule has 0 saturated carbocycles. The van der Waals surface area contributed by atoms with Crippen LogP contribution in [0.5, 0.6) is 0 Å². The highest BCUT2D eigenvalue weighted by atomic mass is 32.2. The van der Waals surface area contributed by atoms with Crippen LogP contribution in [0.15, 0.2) is 12.4 Å². The number of aromatic nitrogens is 2. The van der Waals surface area contributed by atoms with Crippen LogP contribution in [0.4, 0.5) is 0 Å². The van der Waals surface area contributed by atoms with E-state index in [9.17, 15) is 0 Å². The number of hydrogen-bond acceptors (Lipinski definition) is 3. The molecule has 0 fully saturated rings. The van der Waals surface area contributed by atoms with Crippen LogP contribution >= 0.6 is 11.8 Å². The summed E-state index contributed by atoms with van der Waals surface area (Å²) in [6.45, 7) is 7.75. The summed E-state index contributed by atoms with van der Waals surface area (Å²) in [5.41, 5.74) is 1.30. The number of hydrogen-bond donors (Lipinski definition) is 1. The summed E-state index contributed by atoms with van der Waals surface area (Å²) in [4.78, 5) is 0. The van der Waals surface area contributed by atoms with Gasteiger partial charge in [0.15, 0.2) is 0 Å². The van der Waals surface area contributed by atoms with Crippen LogP contribution in [0.25, 0.3) is 0 Å². The van der Waals surface area contributed by atoms with Crippen LogP contribution in [0.1, 0.15) is 38.8 Å². The molecule has 0 spiro atoms. The van der Waals surface area contributed by atoms with Gasteiger partial charge in [0.05, 0.1) is 6.20 Å². The monoisotopic (exact) mass is 241 g/mol. The minimum Gasteiger partial charge on any atom is -0.309 e. The molecule has 0 aliphatic heterocycles. The number of nitrogens with zero attached hydrogens (tertiary/aromatic N) is 2. The Labute approximate surface area is 103 Å². The Bertz CT molecular complexity index is 296. The third kappa shape index (κ3) is 4.58. The lowest BCUT2D eigenvalue weighted by Crippen LogP contribution is -2.24. The fourth-order valence-electron chi connectivity index (χ4n) is 1.50. The number of thioether (sulfide) groups is 1. The molecule has 1 unspecified atom stereocenters. The highest BCUT2D eigenvalue weighted by molar-refractivity contribution is 7.99. The molecule has 1 N–H and O–H groups in total. The quantitative estimate of drug-likeness (QED) is 0.796. The maximum Gasteiger partial charge on any atom is 0.0537 e. The Morgan fingerprint density at radius 1 is 1.50 bits per heavy atom. The fraction of sp³-hybridized carbons (Fsp3) is 0.750. The van der Waals surface area contributed by atoms with Gasteiger partial charge in [0.25, 0.3) is 0 Å². The molecule has 0 amide bonds. The highest BCUT2D eigenvalue weighted by Crippen LogP contribution is 2.20. The topological polar surface area (TPSA) is 29.9 Å². The zero-order valence-corrected chi connectivity index (χ0v) is 11.5. The molecular weight excluding hydrogens is 218 g/mol. The van der Waals surface area contributed by atoms with E-state index >= 15 is 0 Å². The van der Waals surface area contributed by atoms with E-state index in [1.54, 1.807) is 0 Å². The van der Waals surface area contributed by atoms with Crippen molar-refractivity contribution in [3.05, 3.63) is 18.0 Å². The van der Waals surface area contributed by atoms with E-state index in [0.29, 0.717) is 11.3 Å². The minimum atomic E-state index is 0.432. The first kappa shape index (κ1) is 13.6. The van der Waals surface area contributed by atoms with E-state index < -0.39 is 0 Å². The minimum absolute atomic E-state index is 0.432. The van der Waals surface area contributed by atoms with Gasteiger partial charge in [-0.1, -0.05) is 20.8 Å². The molecule has 16 heavy (non-hydrogen) atoms. The lowest BCUT2D eigenvalue weighted by Gasteiger charge is -2.17. The second-order valence-electron chi connectivity index (χ2n) is 4.34. The van der Waals surface area contributed by atoms with E-state index in [1.807, 2.05) is 29.7 Å². The number of rotatable bonds is 7. The third-order valence-electron chi connectivity index (χ3n) is 2.36. The van der Waals surface area contributed by atoms with Crippen molar-refractivity contribution in [2.24, 2.45) is 7.05 Å². The van der Waals surface area contributed by atoms with E-state index in [4.69, 9.17) is 0 Å². The zero-order chi connectivity index (χ0) is 12.0. The van der Waals surface area contributed by atoms with Crippen molar-refractivity contribution in [3.8, 4) is 0 Å². The first-order chi connectivity index (χ1) is 7.63. The van der Waals surface area contributed by atoms with Gasteiger partial charge < -0.3 is 5.32 Å². The summed E-state index contributed by atoms with van der Waals surface area (Å²) in [5, 5.41) is 8.50. The summed E-state index contributed by atoms with van der Waals surface area (Å²) in [6.07, 6.45) is 5.24. The molecule has 0 aromatic carbocycles. The van der Waals surface area contributed by atoms with Crippen LogP contribution in [0, 0.1) is 0 Å². The summed E-state index contributed by atoms with van der Waals surface area (Å²) in [7, 11) is 1.97. The lowest BCUT2D eigenvalue weighted by atomic mass is 10.2. The smallest absolute Gasteiger partial charge is 0.0537 e. The van der Waals surface area contributed by atoms with Crippen molar-refractivity contribution < 1.29 is 0 Å². The summed E-state index contributed by atoms with van der Waals surface area (Å²) < 4.78 is 1.87. The molecule has 0 aliphatic carbocycles. The largest absolute Gasteiger partial charge is 0.309 e. The average Bonchev–Trinajstić information content (AvgIpc) is 2.64. The molecule has 92 valence electrons. The molecule has 1 atom stereocenters. The summed E-state index contributed by atoms with van der Waals surface area (Å²) >= 11 is 1.99. The third-order valence-corrected chi connectivity index (χ3v) is 3.56. The maximum absolute atomic E-state index is 4.24. The Morgan fingerprint density at radius 2 is 2.25 bits per heavy atom. The van der Waals surface area contributed by atoms with E-state index in [-0.39, 0.29) is 0 Å². The molecule has 1 aromatic heterocycles. The highest BCUT2D eigenvalue weighted by Gasteiger charge is 2.13. The first-order valence-electron chi connectivity index (χ1n) is 5.97. The molecule has 0 radical (unpaired) electrons. The van der Waals surface area contributed by atoms with Gasteiger partial charge in [-0.3, -0.25) is 4.68 Å². The molecule has 1 aromatic rings. The van der Waals surface area contributed by atoms with Gasteiger partial charge in [0.1, 0.15) is 0 Å². The van der Waals surface area contributed by atoms with Gasteiger partial charge in [-0.2, -0.15) is 16.9 Å². The molecule has 0 bridgehead atoms. The molecule has 4 heteroatoms. The normalized spacial score (nSPS) is 13.3. The molecule has 0 saturated heterocycles. The molecule has 3 nitrogen and oxygen atoms in total.